The number of phenolic OH excluding ortho intramolecular Hbond substituents is 1. The van der Waals surface area contributed by atoms with E-state index in [4.69, 9.17) is 9.84 Å². The summed E-state index contributed by atoms with van der Waals surface area (Å²) in [6, 6.07) is 6.57. The van der Waals surface area contributed by atoms with Gasteiger partial charge in [-0.05, 0) is 24.3 Å². The molecule has 0 aliphatic heterocycles. The van der Waals surface area contributed by atoms with Gasteiger partial charge in [0.2, 0.25) is 0 Å². The van der Waals surface area contributed by atoms with Gasteiger partial charge in [0.25, 0.3) is 0 Å². The van der Waals surface area contributed by atoms with Crippen LogP contribution in [0.1, 0.15) is 1.43 Å². The fourth-order valence-electron chi connectivity index (χ4n) is 0.582. The van der Waals surface area contributed by atoms with Crippen molar-refractivity contribution in [1.29, 1.82) is 0 Å². The van der Waals surface area contributed by atoms with E-state index in [1.807, 2.05) is 0 Å². The minimum atomic E-state index is 0. The Hall–Kier alpha value is -0.180. The van der Waals surface area contributed by atoms with Gasteiger partial charge in [0.05, 0.1) is 7.11 Å². The molecule has 0 saturated carbocycles. The van der Waals surface area contributed by atoms with Crippen LogP contribution in [-0.4, -0.2) is 12.2 Å². The normalized spacial score (nSPS) is 8.10. The number of aromatic hydroxyl groups is 1. The predicted molar refractivity (Wildman–Crippen MR) is 35.8 cm³/mol. The summed E-state index contributed by atoms with van der Waals surface area (Å²) in [5.74, 6) is 1.02. The summed E-state index contributed by atoms with van der Waals surface area (Å²) in [6.45, 7) is 0. The van der Waals surface area contributed by atoms with Crippen LogP contribution in [0, 0.1) is 0 Å². The van der Waals surface area contributed by atoms with E-state index in [9.17, 15) is 0 Å². The van der Waals surface area contributed by atoms with Crippen molar-refractivity contribution in [3.8, 4) is 11.5 Å². The molecule has 1 aromatic rings. The van der Waals surface area contributed by atoms with Crippen LogP contribution in [0.5, 0.6) is 11.5 Å². The van der Waals surface area contributed by atoms with Crippen molar-refractivity contribution in [1.82, 2.24) is 0 Å². The zero-order valence-corrected chi connectivity index (χ0v) is 8.16. The Kier molecular flexibility index (Phi) is 4.52. The van der Waals surface area contributed by atoms with Gasteiger partial charge in [-0.3, -0.25) is 0 Å². The second-order valence-electron chi connectivity index (χ2n) is 1.70. The van der Waals surface area contributed by atoms with Crippen LogP contribution >= 0.6 is 0 Å². The van der Waals surface area contributed by atoms with E-state index in [2.05, 4.69) is 0 Å². The third-order valence-corrected chi connectivity index (χ3v) is 1.07. The van der Waals surface area contributed by atoms with E-state index in [0.717, 1.165) is 5.75 Å². The largest absolute Gasteiger partial charge is 1.00 e. The van der Waals surface area contributed by atoms with Crippen molar-refractivity contribution in [3.63, 3.8) is 0 Å². The Morgan fingerprint density at radius 1 is 1.30 bits per heavy atom. The summed E-state index contributed by atoms with van der Waals surface area (Å²) in [6.07, 6.45) is 0. The summed E-state index contributed by atoms with van der Waals surface area (Å²) < 4.78 is 4.86. The summed E-state index contributed by atoms with van der Waals surface area (Å²) >= 11 is 0. The first-order valence-electron chi connectivity index (χ1n) is 2.66. The van der Waals surface area contributed by atoms with Crippen LogP contribution < -0.4 is 34.3 Å². The summed E-state index contributed by atoms with van der Waals surface area (Å²) in [5, 5.41) is 8.80. The average molecular weight is 148 g/mol. The van der Waals surface area contributed by atoms with Crippen molar-refractivity contribution in [3.05, 3.63) is 24.3 Å². The molecule has 50 valence electrons. The van der Waals surface area contributed by atoms with Crippen molar-refractivity contribution < 1.29 is 40.8 Å². The van der Waals surface area contributed by atoms with Gasteiger partial charge >= 0.3 is 29.6 Å². The summed E-state index contributed by atoms with van der Waals surface area (Å²) in [7, 11) is 1.59. The van der Waals surface area contributed by atoms with E-state index < -0.39 is 0 Å². The Morgan fingerprint density at radius 2 is 1.80 bits per heavy atom. The number of methoxy groups -OCH3 is 1. The van der Waals surface area contributed by atoms with Crippen molar-refractivity contribution in [2.75, 3.05) is 7.11 Å². The molecule has 1 N–H and O–H groups in total. The molecule has 1 rings (SSSR count). The van der Waals surface area contributed by atoms with Crippen molar-refractivity contribution in [2.45, 2.75) is 0 Å². The van der Waals surface area contributed by atoms with Crippen LogP contribution in [0.2, 0.25) is 0 Å². The number of ether oxygens (including phenoxy) is 1. The van der Waals surface area contributed by atoms with Gasteiger partial charge in [0.15, 0.2) is 0 Å². The molecule has 0 amide bonds. The maximum atomic E-state index is 8.80. The monoisotopic (exact) mass is 148 g/mol. The molecule has 0 radical (unpaired) electrons. The molecule has 2 nitrogen and oxygen atoms in total. The average Bonchev–Trinajstić information content (AvgIpc) is 1.90. The van der Waals surface area contributed by atoms with Crippen molar-refractivity contribution >= 4 is 0 Å². The zero-order valence-electron chi connectivity index (χ0n) is 7.16. The third kappa shape index (κ3) is 2.60. The van der Waals surface area contributed by atoms with Crippen LogP contribution in [0.15, 0.2) is 24.3 Å². The molecule has 0 unspecified atom stereocenters. The first-order valence-corrected chi connectivity index (χ1v) is 2.66. The molecular formula is C7H9NaO2. The van der Waals surface area contributed by atoms with Crippen LogP contribution in [0.3, 0.4) is 0 Å². The van der Waals surface area contributed by atoms with Crippen LogP contribution in [0.25, 0.3) is 0 Å². The van der Waals surface area contributed by atoms with E-state index in [1.54, 1.807) is 31.4 Å². The molecule has 0 bridgehead atoms. The summed E-state index contributed by atoms with van der Waals surface area (Å²) in [5.41, 5.74) is 0. The Bertz CT molecular complexity index is 188. The Balaban J connectivity index is 0. The molecule has 0 atom stereocenters. The van der Waals surface area contributed by atoms with Gasteiger partial charge < -0.3 is 11.3 Å². The van der Waals surface area contributed by atoms with Crippen molar-refractivity contribution in [2.24, 2.45) is 0 Å². The topological polar surface area (TPSA) is 29.5 Å². The molecule has 0 aromatic heterocycles. The predicted octanol–water partition coefficient (Wildman–Crippen LogP) is -1.48. The Labute approximate surface area is 83.6 Å². The zero-order chi connectivity index (χ0) is 6.69. The molecule has 0 spiro atoms. The number of hydrogen-bond acceptors (Lipinski definition) is 2. The molecule has 0 aliphatic carbocycles. The number of benzene rings is 1. The maximum absolute atomic E-state index is 8.80. The van der Waals surface area contributed by atoms with E-state index >= 15 is 0 Å². The van der Waals surface area contributed by atoms with Gasteiger partial charge in [-0.15, -0.1) is 0 Å². The van der Waals surface area contributed by atoms with E-state index in [1.165, 1.54) is 0 Å². The molecule has 1 aromatic carbocycles. The minimum Gasteiger partial charge on any atom is -1.00 e. The molecule has 0 saturated heterocycles. The molecule has 10 heavy (non-hydrogen) atoms. The minimum absolute atomic E-state index is 0. The van der Waals surface area contributed by atoms with E-state index in [-0.39, 0.29) is 36.7 Å². The molecular weight excluding hydrogens is 139 g/mol. The quantitative estimate of drug-likeness (QED) is 0.492. The molecule has 0 aliphatic rings. The first kappa shape index (κ1) is 9.82. The number of phenols is 1. The molecule has 0 fully saturated rings. The number of rotatable bonds is 1. The summed E-state index contributed by atoms with van der Waals surface area (Å²) in [4.78, 5) is 0. The van der Waals surface area contributed by atoms with Gasteiger partial charge in [0.1, 0.15) is 11.5 Å². The second kappa shape index (κ2) is 4.61. The first-order chi connectivity index (χ1) is 4.33. The smallest absolute Gasteiger partial charge is 1.00 e. The molecule has 3 heteroatoms. The van der Waals surface area contributed by atoms with Crippen LogP contribution in [0.4, 0.5) is 0 Å². The van der Waals surface area contributed by atoms with Gasteiger partial charge in [0, 0.05) is 0 Å². The van der Waals surface area contributed by atoms with E-state index in [0.29, 0.717) is 0 Å². The fourth-order valence-corrected chi connectivity index (χ4v) is 0.582. The number of hydrogen-bond donors (Lipinski definition) is 1. The maximum Gasteiger partial charge on any atom is 1.00 e. The second-order valence-corrected chi connectivity index (χ2v) is 1.70. The Morgan fingerprint density at radius 3 is 2.20 bits per heavy atom. The third-order valence-electron chi connectivity index (χ3n) is 1.07. The van der Waals surface area contributed by atoms with Gasteiger partial charge in [-0.1, -0.05) is 0 Å². The van der Waals surface area contributed by atoms with Gasteiger partial charge in [-0.2, -0.15) is 0 Å². The fraction of sp³-hybridized carbons (Fsp3) is 0.143. The standard InChI is InChI=1S/C7H8O2.Na.H/c1-9-7-4-2-6(8)3-5-7;;/h2-5,8H,1H3;;/q;+1;-1. The van der Waals surface area contributed by atoms with Gasteiger partial charge in [-0.25, -0.2) is 0 Å². The molecule has 0 heterocycles. The van der Waals surface area contributed by atoms with Crippen LogP contribution in [-0.2, 0) is 0 Å². The SMILES string of the molecule is COc1ccc(O)cc1.[H-].[Na+].